The number of nitro benzene ring substituents is 1. The lowest BCUT2D eigenvalue weighted by Gasteiger charge is -2.13. The smallest absolute Gasteiger partial charge is 0.269 e. The van der Waals surface area contributed by atoms with Crippen molar-refractivity contribution in [3.8, 4) is 17.6 Å². The highest BCUT2D eigenvalue weighted by molar-refractivity contribution is 6.04. The topological polar surface area (TPSA) is 105 Å². The van der Waals surface area contributed by atoms with Gasteiger partial charge in [0.1, 0.15) is 11.5 Å². The second-order valence-corrected chi connectivity index (χ2v) is 7.56. The largest absolute Gasteiger partial charge is 0.457 e. The van der Waals surface area contributed by atoms with E-state index in [4.69, 9.17) is 4.74 Å². The van der Waals surface area contributed by atoms with E-state index in [1.54, 1.807) is 30.3 Å². The lowest BCUT2D eigenvalue weighted by atomic mass is 9.96. The van der Waals surface area contributed by atoms with E-state index in [0.29, 0.717) is 22.7 Å². The van der Waals surface area contributed by atoms with Gasteiger partial charge in [-0.25, -0.2) is 0 Å². The summed E-state index contributed by atoms with van der Waals surface area (Å²) in [6.07, 6.45) is 1.63. The number of benzene rings is 3. The molecule has 0 aliphatic heterocycles. The molecule has 1 aliphatic carbocycles. The van der Waals surface area contributed by atoms with E-state index >= 15 is 0 Å². The van der Waals surface area contributed by atoms with E-state index in [1.807, 2.05) is 19.1 Å². The van der Waals surface area contributed by atoms with Crippen molar-refractivity contribution in [1.29, 1.82) is 5.26 Å². The normalized spacial score (nSPS) is 13.7. The average molecular weight is 413 g/mol. The Kier molecular flexibility index (Phi) is 5.14. The third-order valence-corrected chi connectivity index (χ3v) is 5.38. The van der Waals surface area contributed by atoms with Crippen LogP contribution in [0, 0.1) is 28.4 Å². The molecule has 0 atom stereocenters. The van der Waals surface area contributed by atoms with Gasteiger partial charge in [0.2, 0.25) is 0 Å². The number of amides is 1. The molecule has 3 aromatic carbocycles. The van der Waals surface area contributed by atoms with Gasteiger partial charge in [0, 0.05) is 29.4 Å². The number of ether oxygens (including phenoxy) is 1. The number of carbonyl (C=O) groups is 1. The molecule has 1 amide bonds. The third kappa shape index (κ3) is 4.23. The second kappa shape index (κ2) is 7.92. The zero-order valence-electron chi connectivity index (χ0n) is 16.8. The Morgan fingerprint density at radius 2 is 1.81 bits per heavy atom. The summed E-state index contributed by atoms with van der Waals surface area (Å²) >= 11 is 0. The third-order valence-electron chi connectivity index (χ3n) is 5.38. The van der Waals surface area contributed by atoms with Crippen molar-refractivity contribution in [2.75, 3.05) is 5.32 Å². The molecule has 1 saturated carbocycles. The number of hydrogen-bond donors (Lipinski definition) is 1. The van der Waals surface area contributed by atoms with Crippen molar-refractivity contribution in [3.63, 3.8) is 0 Å². The summed E-state index contributed by atoms with van der Waals surface area (Å²) < 4.78 is 5.77. The molecule has 7 heteroatoms. The van der Waals surface area contributed by atoms with E-state index in [0.717, 1.165) is 24.0 Å². The molecule has 3 aromatic rings. The maximum atomic E-state index is 12.8. The van der Waals surface area contributed by atoms with Crippen molar-refractivity contribution >= 4 is 17.3 Å². The van der Waals surface area contributed by atoms with Gasteiger partial charge in [-0.15, -0.1) is 0 Å². The van der Waals surface area contributed by atoms with Gasteiger partial charge in [0.05, 0.1) is 16.4 Å². The number of rotatable bonds is 6. The maximum absolute atomic E-state index is 12.8. The standard InChI is InChI=1S/C24H19N3O4/c1-16-5-8-21(31-20-9-6-19(7-10-20)27(29)30)14-22(16)26-23(28)17-3-2-4-18(13-17)24(15-25)11-12-24/h2-10,13-14H,11-12H2,1H3,(H,26,28). The average Bonchev–Trinajstić information content (AvgIpc) is 3.58. The van der Waals surface area contributed by atoms with E-state index in [2.05, 4.69) is 11.4 Å². The number of aryl methyl sites for hydroxylation is 1. The number of hydrogen-bond acceptors (Lipinski definition) is 5. The number of anilines is 1. The maximum Gasteiger partial charge on any atom is 0.269 e. The summed E-state index contributed by atoms with van der Waals surface area (Å²) in [5, 5.41) is 23.1. The predicted octanol–water partition coefficient (Wildman–Crippen LogP) is 5.50. The fourth-order valence-electron chi connectivity index (χ4n) is 3.31. The van der Waals surface area contributed by atoms with Crippen LogP contribution in [-0.2, 0) is 5.41 Å². The van der Waals surface area contributed by atoms with Crippen molar-refractivity contribution < 1.29 is 14.5 Å². The summed E-state index contributed by atoms with van der Waals surface area (Å²) in [6.45, 7) is 1.87. The Morgan fingerprint density at radius 3 is 2.45 bits per heavy atom. The summed E-state index contributed by atoms with van der Waals surface area (Å²) in [5.41, 5.74) is 2.34. The minimum Gasteiger partial charge on any atom is -0.457 e. The minimum absolute atomic E-state index is 0.0178. The molecule has 0 saturated heterocycles. The Morgan fingerprint density at radius 1 is 1.10 bits per heavy atom. The van der Waals surface area contributed by atoms with Gasteiger partial charge in [-0.05, 0) is 61.2 Å². The molecule has 0 bridgehead atoms. The lowest BCUT2D eigenvalue weighted by Crippen LogP contribution is -2.14. The van der Waals surface area contributed by atoms with E-state index < -0.39 is 10.3 Å². The molecule has 154 valence electrons. The van der Waals surface area contributed by atoms with Gasteiger partial charge < -0.3 is 10.1 Å². The fraction of sp³-hybridized carbons (Fsp3) is 0.167. The Hall–Kier alpha value is -4.18. The van der Waals surface area contributed by atoms with Crippen LogP contribution >= 0.6 is 0 Å². The molecule has 1 aliphatic rings. The molecule has 0 radical (unpaired) electrons. The van der Waals surface area contributed by atoms with Crippen molar-refractivity contribution in [1.82, 2.24) is 0 Å². The molecule has 31 heavy (non-hydrogen) atoms. The van der Waals surface area contributed by atoms with E-state index in [9.17, 15) is 20.2 Å². The molecule has 4 rings (SSSR count). The lowest BCUT2D eigenvalue weighted by molar-refractivity contribution is -0.384. The minimum atomic E-state index is -0.472. The number of nitrogens with one attached hydrogen (secondary N) is 1. The first-order valence-corrected chi connectivity index (χ1v) is 9.76. The highest BCUT2D eigenvalue weighted by Crippen LogP contribution is 2.47. The van der Waals surface area contributed by atoms with E-state index in [1.165, 1.54) is 24.3 Å². The molecular formula is C24H19N3O4. The molecule has 1 N–H and O–H groups in total. The number of non-ortho nitro benzene ring substituents is 1. The Balaban J connectivity index is 1.51. The summed E-state index contributed by atoms with van der Waals surface area (Å²) in [4.78, 5) is 23.1. The zero-order chi connectivity index (χ0) is 22.0. The highest BCUT2D eigenvalue weighted by atomic mass is 16.6. The SMILES string of the molecule is Cc1ccc(Oc2ccc([N+](=O)[O-])cc2)cc1NC(=O)c1cccc(C2(C#N)CC2)c1. The molecule has 0 spiro atoms. The monoisotopic (exact) mass is 413 g/mol. The first-order chi connectivity index (χ1) is 14.9. The van der Waals surface area contributed by atoms with Crippen LogP contribution < -0.4 is 10.1 Å². The highest BCUT2D eigenvalue weighted by Gasteiger charge is 2.45. The van der Waals surface area contributed by atoms with Crippen LogP contribution in [0.3, 0.4) is 0 Å². The van der Waals surface area contributed by atoms with Gasteiger partial charge in [-0.2, -0.15) is 5.26 Å². The van der Waals surface area contributed by atoms with Gasteiger partial charge in [-0.3, -0.25) is 14.9 Å². The molecule has 0 aromatic heterocycles. The number of carbonyl (C=O) groups excluding carboxylic acids is 1. The van der Waals surface area contributed by atoms with Crippen LogP contribution in [0.1, 0.15) is 34.3 Å². The van der Waals surface area contributed by atoms with Gasteiger partial charge in [-0.1, -0.05) is 18.2 Å². The van der Waals surface area contributed by atoms with Gasteiger partial charge >= 0.3 is 0 Å². The summed E-state index contributed by atoms with van der Waals surface area (Å²) in [6, 6.07) is 20.6. The first-order valence-electron chi connectivity index (χ1n) is 9.76. The predicted molar refractivity (Wildman–Crippen MR) is 115 cm³/mol. The van der Waals surface area contributed by atoms with Crippen LogP contribution in [0.2, 0.25) is 0 Å². The number of nitriles is 1. The van der Waals surface area contributed by atoms with E-state index in [-0.39, 0.29) is 11.6 Å². The number of nitrogens with zero attached hydrogens (tertiary/aromatic N) is 2. The molecule has 0 unspecified atom stereocenters. The summed E-state index contributed by atoms with van der Waals surface area (Å²) in [5.74, 6) is 0.668. The van der Waals surface area contributed by atoms with Crippen molar-refractivity contribution in [3.05, 3.63) is 93.5 Å². The van der Waals surface area contributed by atoms with Crippen molar-refractivity contribution in [2.24, 2.45) is 0 Å². The van der Waals surface area contributed by atoms with Crippen LogP contribution in [-0.4, -0.2) is 10.8 Å². The van der Waals surface area contributed by atoms with Crippen LogP contribution in [0.4, 0.5) is 11.4 Å². The zero-order valence-corrected chi connectivity index (χ0v) is 16.8. The Labute approximate surface area is 179 Å². The van der Waals surface area contributed by atoms with Crippen LogP contribution in [0.25, 0.3) is 0 Å². The Bertz CT molecular complexity index is 1210. The van der Waals surface area contributed by atoms with Crippen LogP contribution in [0.15, 0.2) is 66.7 Å². The molecule has 0 heterocycles. The quantitative estimate of drug-likeness (QED) is 0.424. The van der Waals surface area contributed by atoms with Gasteiger partial charge in [0.25, 0.3) is 11.6 Å². The first kappa shape index (κ1) is 20.1. The molecular weight excluding hydrogens is 394 g/mol. The van der Waals surface area contributed by atoms with Gasteiger partial charge in [0.15, 0.2) is 0 Å². The van der Waals surface area contributed by atoms with Crippen molar-refractivity contribution in [2.45, 2.75) is 25.2 Å². The van der Waals surface area contributed by atoms with Crippen LogP contribution in [0.5, 0.6) is 11.5 Å². The molecule has 1 fully saturated rings. The fourth-order valence-corrected chi connectivity index (χ4v) is 3.31. The number of nitro groups is 1. The second-order valence-electron chi connectivity index (χ2n) is 7.56. The summed E-state index contributed by atoms with van der Waals surface area (Å²) in [7, 11) is 0. The molecule has 7 nitrogen and oxygen atoms in total.